The van der Waals surface area contributed by atoms with Crippen LogP contribution in [0, 0.1) is 0 Å². The van der Waals surface area contributed by atoms with Gasteiger partial charge in [-0.3, -0.25) is 9.78 Å². The number of nitrogens with zero attached hydrogens (tertiary/aromatic N) is 1. The van der Waals surface area contributed by atoms with Crippen LogP contribution in [0.4, 0.5) is 5.69 Å². The summed E-state index contributed by atoms with van der Waals surface area (Å²) in [4.78, 5) is 16.6. The van der Waals surface area contributed by atoms with Gasteiger partial charge in [-0.15, -0.1) is 0 Å². The van der Waals surface area contributed by atoms with Gasteiger partial charge in [-0.1, -0.05) is 0 Å². The lowest BCUT2D eigenvalue weighted by Gasteiger charge is -2.13. The highest BCUT2D eigenvalue weighted by atomic mass is 32.2. The van der Waals surface area contributed by atoms with Crippen LogP contribution in [-0.4, -0.2) is 39.1 Å². The van der Waals surface area contributed by atoms with Crippen molar-refractivity contribution < 1.29 is 22.7 Å². The molecule has 3 rings (SSSR count). The summed E-state index contributed by atoms with van der Waals surface area (Å²) in [5, 5.41) is 2.74. The van der Waals surface area contributed by atoms with E-state index in [9.17, 15) is 13.2 Å². The second-order valence-corrected chi connectivity index (χ2v) is 8.49. The van der Waals surface area contributed by atoms with Crippen LogP contribution in [0.15, 0.2) is 78.0 Å². The zero-order valence-electron chi connectivity index (χ0n) is 17.1. The number of ether oxygens (including phenoxy) is 2. The number of carbonyl (C=O) groups excluding carboxylic acids is 1. The Morgan fingerprint density at radius 1 is 1.03 bits per heavy atom. The van der Waals surface area contributed by atoms with Crippen molar-refractivity contribution in [1.82, 2.24) is 9.71 Å². The number of anilines is 1. The molecule has 8 nitrogen and oxygen atoms in total. The molecular weight excluding hydrogens is 418 g/mol. The summed E-state index contributed by atoms with van der Waals surface area (Å²) >= 11 is 0. The molecule has 0 radical (unpaired) electrons. The van der Waals surface area contributed by atoms with Gasteiger partial charge in [0, 0.05) is 30.6 Å². The van der Waals surface area contributed by atoms with Crippen molar-refractivity contribution in [3.63, 3.8) is 0 Å². The molecule has 0 saturated carbocycles. The first-order valence-corrected chi connectivity index (χ1v) is 11.0. The molecule has 2 aromatic carbocycles. The molecule has 3 aromatic rings. The van der Waals surface area contributed by atoms with Gasteiger partial charge in [-0.05, 0) is 67.6 Å². The molecule has 0 aliphatic rings. The smallest absolute Gasteiger partial charge is 0.255 e. The molecule has 31 heavy (non-hydrogen) atoms. The number of hydrogen-bond acceptors (Lipinski definition) is 6. The zero-order chi connectivity index (χ0) is 22.3. The predicted molar refractivity (Wildman–Crippen MR) is 117 cm³/mol. The van der Waals surface area contributed by atoms with Crippen molar-refractivity contribution in [2.75, 3.05) is 19.0 Å². The van der Waals surface area contributed by atoms with Gasteiger partial charge in [0.1, 0.15) is 11.5 Å². The summed E-state index contributed by atoms with van der Waals surface area (Å²) in [5.41, 5.74) is 0.912. The maximum atomic E-state index is 12.5. The van der Waals surface area contributed by atoms with Crippen LogP contribution in [-0.2, 0) is 14.8 Å². The summed E-state index contributed by atoms with van der Waals surface area (Å²) in [6, 6.07) is 15.8. The second kappa shape index (κ2) is 10.2. The Bertz CT molecular complexity index is 1100. The van der Waals surface area contributed by atoms with E-state index < -0.39 is 10.0 Å². The highest BCUT2D eigenvalue weighted by molar-refractivity contribution is 7.89. The maximum absolute atomic E-state index is 12.5. The fraction of sp³-hybridized carbons (Fsp3) is 0.182. The first-order valence-electron chi connectivity index (χ1n) is 9.48. The minimum atomic E-state index is -3.67. The standard InChI is InChI=1S/C22H23N3O5S/c1-16(15-29-2)25-31(27,28)21-11-7-18(8-12-21)24-22(26)17-5-9-19(10-6-17)30-20-4-3-13-23-14-20/h3-14,16,25H,15H2,1-2H3,(H,24,26). The zero-order valence-corrected chi connectivity index (χ0v) is 17.9. The number of hydrogen-bond donors (Lipinski definition) is 2. The van der Waals surface area contributed by atoms with Crippen molar-refractivity contribution in [1.29, 1.82) is 0 Å². The molecule has 162 valence electrons. The van der Waals surface area contributed by atoms with Crippen LogP contribution in [0.1, 0.15) is 17.3 Å². The van der Waals surface area contributed by atoms with Crippen LogP contribution < -0.4 is 14.8 Å². The number of rotatable bonds is 9. The average Bonchev–Trinajstić information content (AvgIpc) is 2.75. The third-order valence-corrected chi connectivity index (χ3v) is 5.79. The molecule has 0 saturated heterocycles. The van der Waals surface area contributed by atoms with Crippen LogP contribution in [0.25, 0.3) is 0 Å². The van der Waals surface area contributed by atoms with Gasteiger partial charge in [-0.25, -0.2) is 13.1 Å². The SMILES string of the molecule is COCC(C)NS(=O)(=O)c1ccc(NC(=O)c2ccc(Oc3cccnc3)cc2)cc1. The molecule has 1 heterocycles. The molecule has 0 bridgehead atoms. The van der Waals surface area contributed by atoms with E-state index in [1.807, 2.05) is 0 Å². The molecule has 1 aromatic heterocycles. The van der Waals surface area contributed by atoms with E-state index in [4.69, 9.17) is 9.47 Å². The van der Waals surface area contributed by atoms with Gasteiger partial charge in [0.25, 0.3) is 5.91 Å². The van der Waals surface area contributed by atoms with E-state index >= 15 is 0 Å². The van der Waals surface area contributed by atoms with Gasteiger partial charge in [0.15, 0.2) is 0 Å². The Morgan fingerprint density at radius 3 is 2.35 bits per heavy atom. The van der Waals surface area contributed by atoms with Gasteiger partial charge in [0.05, 0.1) is 17.7 Å². The number of sulfonamides is 1. The van der Waals surface area contributed by atoms with Crippen LogP contribution in [0.5, 0.6) is 11.5 Å². The number of benzene rings is 2. The average molecular weight is 442 g/mol. The summed E-state index contributed by atoms with van der Waals surface area (Å²) in [6.07, 6.45) is 3.25. The second-order valence-electron chi connectivity index (χ2n) is 6.77. The number of methoxy groups -OCH3 is 1. The van der Waals surface area contributed by atoms with Crippen molar-refractivity contribution in [2.45, 2.75) is 17.9 Å². The van der Waals surface area contributed by atoms with E-state index in [0.29, 0.717) is 22.7 Å². The summed E-state index contributed by atoms with van der Waals surface area (Å²) < 4.78 is 37.9. The Hall–Kier alpha value is -3.27. The largest absolute Gasteiger partial charge is 0.456 e. The number of aromatic nitrogens is 1. The summed E-state index contributed by atoms with van der Waals surface area (Å²) in [5.74, 6) is 0.852. The van der Waals surface area contributed by atoms with Crippen molar-refractivity contribution in [3.05, 3.63) is 78.6 Å². The highest BCUT2D eigenvalue weighted by Gasteiger charge is 2.17. The molecule has 1 amide bonds. The molecule has 0 fully saturated rings. The Labute approximate surface area is 181 Å². The summed E-state index contributed by atoms with van der Waals surface area (Å²) in [7, 11) is -2.17. The third kappa shape index (κ3) is 6.35. The molecule has 9 heteroatoms. The van der Waals surface area contributed by atoms with E-state index in [0.717, 1.165) is 0 Å². The van der Waals surface area contributed by atoms with E-state index in [1.54, 1.807) is 55.7 Å². The molecule has 0 aliphatic carbocycles. The van der Waals surface area contributed by atoms with Gasteiger partial charge in [-0.2, -0.15) is 0 Å². The van der Waals surface area contributed by atoms with Crippen molar-refractivity contribution >= 4 is 21.6 Å². The lowest BCUT2D eigenvalue weighted by molar-refractivity contribution is 0.102. The Morgan fingerprint density at radius 2 is 1.74 bits per heavy atom. The fourth-order valence-electron chi connectivity index (χ4n) is 2.76. The lowest BCUT2D eigenvalue weighted by Crippen LogP contribution is -2.35. The van der Waals surface area contributed by atoms with Gasteiger partial charge < -0.3 is 14.8 Å². The van der Waals surface area contributed by atoms with Crippen molar-refractivity contribution in [3.8, 4) is 11.5 Å². The van der Waals surface area contributed by atoms with E-state index in [2.05, 4.69) is 15.0 Å². The van der Waals surface area contributed by atoms with Crippen molar-refractivity contribution in [2.24, 2.45) is 0 Å². The highest BCUT2D eigenvalue weighted by Crippen LogP contribution is 2.21. The molecule has 1 unspecified atom stereocenters. The third-order valence-electron chi connectivity index (χ3n) is 4.18. The molecule has 0 spiro atoms. The lowest BCUT2D eigenvalue weighted by atomic mass is 10.2. The minimum absolute atomic E-state index is 0.102. The number of amides is 1. The van der Waals surface area contributed by atoms with Crippen LogP contribution in [0.3, 0.4) is 0 Å². The van der Waals surface area contributed by atoms with Crippen LogP contribution in [0.2, 0.25) is 0 Å². The molecule has 1 atom stereocenters. The number of pyridine rings is 1. The van der Waals surface area contributed by atoms with Gasteiger partial charge >= 0.3 is 0 Å². The minimum Gasteiger partial charge on any atom is -0.456 e. The number of nitrogens with one attached hydrogen (secondary N) is 2. The first kappa shape index (κ1) is 22.4. The molecule has 0 aliphatic heterocycles. The van der Waals surface area contributed by atoms with Gasteiger partial charge in [0.2, 0.25) is 10.0 Å². The quantitative estimate of drug-likeness (QED) is 0.527. The monoisotopic (exact) mass is 441 g/mol. The van der Waals surface area contributed by atoms with E-state index in [-0.39, 0.29) is 23.5 Å². The molecule has 2 N–H and O–H groups in total. The topological polar surface area (TPSA) is 107 Å². The van der Waals surface area contributed by atoms with E-state index in [1.165, 1.54) is 31.4 Å². The van der Waals surface area contributed by atoms with Crippen LogP contribution >= 0.6 is 0 Å². The summed E-state index contributed by atoms with van der Waals surface area (Å²) in [6.45, 7) is 1.97. The fourth-order valence-corrected chi connectivity index (χ4v) is 3.98. The Kier molecular flexibility index (Phi) is 7.35. The normalized spacial score (nSPS) is 12.2. The first-order chi connectivity index (χ1) is 14.9. The predicted octanol–water partition coefficient (Wildman–Crippen LogP) is 3.44. The number of carbonyl (C=O) groups is 1. The maximum Gasteiger partial charge on any atom is 0.255 e. The molecular formula is C22H23N3O5S. The Balaban J connectivity index is 1.61.